The Balaban J connectivity index is 1.34. The average Bonchev–Trinajstić information content (AvgIpc) is 2.98. The first-order valence-corrected chi connectivity index (χ1v) is 10.5. The third-order valence-corrected chi connectivity index (χ3v) is 6.34. The number of nitrogens with zero attached hydrogens (tertiary/aromatic N) is 3. The Hall–Kier alpha value is -2.93. The van der Waals surface area contributed by atoms with Gasteiger partial charge in [0.2, 0.25) is 5.91 Å². The highest BCUT2D eigenvalue weighted by molar-refractivity contribution is 6.08. The van der Waals surface area contributed by atoms with Crippen LogP contribution < -0.4 is 5.32 Å². The van der Waals surface area contributed by atoms with Crippen LogP contribution in [0.25, 0.3) is 10.8 Å². The van der Waals surface area contributed by atoms with Crippen molar-refractivity contribution in [2.75, 3.05) is 32.7 Å². The quantitative estimate of drug-likeness (QED) is 0.770. The molecule has 7 heteroatoms. The maximum atomic E-state index is 12.7. The first-order chi connectivity index (χ1) is 14.4. The summed E-state index contributed by atoms with van der Waals surface area (Å²) >= 11 is 0. The number of fused-ring (bicyclic) bond motifs is 1. The van der Waals surface area contributed by atoms with Crippen LogP contribution in [-0.4, -0.2) is 70.8 Å². The van der Waals surface area contributed by atoms with Crippen molar-refractivity contribution in [2.24, 2.45) is 0 Å². The van der Waals surface area contributed by atoms with Crippen molar-refractivity contribution < 1.29 is 14.4 Å². The molecule has 2 heterocycles. The molecular weight excluding hydrogens is 380 g/mol. The number of carbonyl (C=O) groups excluding carboxylic acids is 3. The molecule has 2 aliphatic heterocycles. The monoisotopic (exact) mass is 408 g/mol. The van der Waals surface area contributed by atoms with Gasteiger partial charge in [0, 0.05) is 32.7 Å². The number of amides is 4. The molecule has 0 spiro atoms. The smallest absolute Gasteiger partial charge is 0.325 e. The van der Waals surface area contributed by atoms with E-state index >= 15 is 0 Å². The summed E-state index contributed by atoms with van der Waals surface area (Å²) in [7, 11) is 0. The molecule has 158 valence electrons. The van der Waals surface area contributed by atoms with Gasteiger partial charge >= 0.3 is 6.03 Å². The lowest BCUT2D eigenvalue weighted by Crippen LogP contribution is -2.52. The van der Waals surface area contributed by atoms with Gasteiger partial charge in [0.05, 0.1) is 0 Å². The minimum absolute atomic E-state index is 0.177. The highest BCUT2D eigenvalue weighted by Gasteiger charge is 2.47. The van der Waals surface area contributed by atoms with Crippen molar-refractivity contribution in [3.05, 3.63) is 48.0 Å². The third kappa shape index (κ3) is 3.77. The fraction of sp³-hybridized carbons (Fsp3) is 0.435. The molecule has 1 N–H and O–H groups in total. The summed E-state index contributed by atoms with van der Waals surface area (Å²) in [5, 5.41) is 5.19. The first kappa shape index (κ1) is 20.3. The van der Waals surface area contributed by atoms with Gasteiger partial charge in [-0.05, 0) is 29.7 Å². The average molecular weight is 409 g/mol. The van der Waals surface area contributed by atoms with E-state index in [2.05, 4.69) is 46.6 Å². The first-order valence-electron chi connectivity index (χ1n) is 10.5. The Morgan fingerprint density at radius 1 is 1.03 bits per heavy atom. The van der Waals surface area contributed by atoms with Crippen LogP contribution in [0.4, 0.5) is 4.79 Å². The minimum Gasteiger partial charge on any atom is -0.339 e. The number of benzene rings is 2. The van der Waals surface area contributed by atoms with Gasteiger partial charge in [0.25, 0.3) is 5.91 Å². The van der Waals surface area contributed by atoms with Gasteiger partial charge in [-0.2, -0.15) is 0 Å². The van der Waals surface area contributed by atoms with Crippen LogP contribution in [0.15, 0.2) is 42.5 Å². The van der Waals surface area contributed by atoms with Crippen molar-refractivity contribution in [3.63, 3.8) is 0 Å². The van der Waals surface area contributed by atoms with E-state index in [4.69, 9.17) is 0 Å². The van der Waals surface area contributed by atoms with Crippen molar-refractivity contribution >= 4 is 28.6 Å². The number of carbonyl (C=O) groups is 3. The number of rotatable bonds is 5. The standard InChI is InChI=1S/C23H28N4O3/c1-3-23(2)21(29)27(22(30)24-23)16-20(28)26-13-11-25(12-14-26)15-18-9-6-8-17-7-4-5-10-19(17)18/h4-10H,3,11-16H2,1-2H3,(H,24,30)/t23-/m0/s1. The van der Waals surface area contributed by atoms with Crippen LogP contribution in [0, 0.1) is 0 Å². The molecule has 30 heavy (non-hydrogen) atoms. The van der Waals surface area contributed by atoms with Crippen LogP contribution in [0.2, 0.25) is 0 Å². The molecule has 2 aromatic rings. The van der Waals surface area contributed by atoms with E-state index in [-0.39, 0.29) is 18.4 Å². The third-order valence-electron chi connectivity index (χ3n) is 6.34. The van der Waals surface area contributed by atoms with E-state index in [0.717, 1.165) is 24.5 Å². The van der Waals surface area contributed by atoms with Crippen LogP contribution in [0.5, 0.6) is 0 Å². The molecule has 7 nitrogen and oxygen atoms in total. The highest BCUT2D eigenvalue weighted by atomic mass is 16.2. The summed E-state index contributed by atoms with van der Waals surface area (Å²) in [6, 6.07) is 14.2. The lowest BCUT2D eigenvalue weighted by Gasteiger charge is -2.35. The summed E-state index contributed by atoms with van der Waals surface area (Å²) in [5.74, 6) is -0.499. The number of piperazine rings is 1. The Morgan fingerprint density at radius 3 is 2.43 bits per heavy atom. The Labute approximate surface area is 176 Å². The van der Waals surface area contributed by atoms with Gasteiger partial charge in [-0.15, -0.1) is 0 Å². The van der Waals surface area contributed by atoms with E-state index in [9.17, 15) is 14.4 Å². The van der Waals surface area contributed by atoms with Gasteiger partial charge in [-0.1, -0.05) is 49.4 Å². The molecule has 0 saturated carbocycles. The van der Waals surface area contributed by atoms with Crippen molar-refractivity contribution in [3.8, 4) is 0 Å². The summed E-state index contributed by atoms with van der Waals surface area (Å²) in [4.78, 5) is 42.5. The zero-order valence-electron chi connectivity index (χ0n) is 17.6. The molecule has 0 aliphatic carbocycles. The molecular formula is C23H28N4O3. The number of hydrogen-bond acceptors (Lipinski definition) is 4. The van der Waals surface area contributed by atoms with Gasteiger partial charge in [0.15, 0.2) is 0 Å². The van der Waals surface area contributed by atoms with E-state index in [1.807, 2.05) is 13.0 Å². The van der Waals surface area contributed by atoms with E-state index in [1.54, 1.807) is 11.8 Å². The maximum absolute atomic E-state index is 12.7. The fourth-order valence-corrected chi connectivity index (χ4v) is 4.19. The molecule has 1 atom stereocenters. The molecule has 0 radical (unpaired) electrons. The zero-order chi connectivity index (χ0) is 21.3. The van der Waals surface area contributed by atoms with Crippen LogP contribution >= 0.6 is 0 Å². The second-order valence-electron chi connectivity index (χ2n) is 8.30. The van der Waals surface area contributed by atoms with Crippen molar-refractivity contribution in [1.29, 1.82) is 0 Å². The largest absolute Gasteiger partial charge is 0.339 e. The predicted octanol–water partition coefficient (Wildman–Crippen LogP) is 2.20. The molecule has 0 unspecified atom stereocenters. The van der Waals surface area contributed by atoms with Crippen LogP contribution in [-0.2, 0) is 16.1 Å². The van der Waals surface area contributed by atoms with E-state index in [0.29, 0.717) is 19.5 Å². The lowest BCUT2D eigenvalue weighted by molar-refractivity contribution is -0.139. The van der Waals surface area contributed by atoms with E-state index < -0.39 is 11.6 Å². The second kappa shape index (κ2) is 8.07. The fourth-order valence-electron chi connectivity index (χ4n) is 4.19. The van der Waals surface area contributed by atoms with Gasteiger partial charge in [-0.25, -0.2) is 4.79 Å². The number of hydrogen-bond donors (Lipinski definition) is 1. The molecule has 4 amide bonds. The second-order valence-corrected chi connectivity index (χ2v) is 8.30. The molecule has 2 aliphatic rings. The maximum Gasteiger partial charge on any atom is 0.325 e. The lowest BCUT2D eigenvalue weighted by atomic mass is 9.99. The predicted molar refractivity (Wildman–Crippen MR) is 115 cm³/mol. The molecule has 0 bridgehead atoms. The zero-order valence-corrected chi connectivity index (χ0v) is 17.6. The normalized spacial score (nSPS) is 22.6. The van der Waals surface area contributed by atoms with E-state index in [1.165, 1.54) is 16.3 Å². The summed E-state index contributed by atoms with van der Waals surface area (Å²) in [6.45, 7) is 6.91. The molecule has 2 fully saturated rings. The number of urea groups is 1. The Morgan fingerprint density at radius 2 is 1.73 bits per heavy atom. The SMILES string of the molecule is CC[C@]1(C)NC(=O)N(CC(=O)N2CCN(Cc3cccc4ccccc34)CC2)C1=O. The van der Waals surface area contributed by atoms with Gasteiger partial charge < -0.3 is 10.2 Å². The summed E-state index contributed by atoms with van der Waals surface area (Å²) in [5.41, 5.74) is 0.375. The van der Waals surface area contributed by atoms with Crippen LogP contribution in [0.1, 0.15) is 25.8 Å². The number of nitrogens with one attached hydrogen (secondary N) is 1. The minimum atomic E-state index is -0.908. The summed E-state index contributed by atoms with van der Waals surface area (Å²) < 4.78 is 0. The Kier molecular flexibility index (Phi) is 5.47. The molecule has 4 rings (SSSR count). The van der Waals surface area contributed by atoms with Crippen molar-refractivity contribution in [1.82, 2.24) is 20.0 Å². The summed E-state index contributed by atoms with van der Waals surface area (Å²) in [6.07, 6.45) is 0.495. The Bertz CT molecular complexity index is 978. The van der Waals surface area contributed by atoms with Gasteiger partial charge in [0.1, 0.15) is 12.1 Å². The van der Waals surface area contributed by atoms with Crippen LogP contribution in [0.3, 0.4) is 0 Å². The highest BCUT2D eigenvalue weighted by Crippen LogP contribution is 2.22. The van der Waals surface area contributed by atoms with Crippen molar-refractivity contribution in [2.45, 2.75) is 32.4 Å². The van der Waals surface area contributed by atoms with Gasteiger partial charge in [-0.3, -0.25) is 19.4 Å². The number of imide groups is 1. The molecule has 2 saturated heterocycles. The topological polar surface area (TPSA) is 73.0 Å². The molecule has 2 aromatic carbocycles. The molecule has 0 aromatic heterocycles.